The molecular formula is C7H15ClN2O3. The highest BCUT2D eigenvalue weighted by molar-refractivity contribution is 5.85. The lowest BCUT2D eigenvalue weighted by atomic mass is 10.2. The van der Waals surface area contributed by atoms with Gasteiger partial charge in [0.05, 0.1) is 0 Å². The molecule has 0 aromatic carbocycles. The summed E-state index contributed by atoms with van der Waals surface area (Å²) >= 11 is 0. The molecule has 0 aromatic heterocycles. The van der Waals surface area contributed by atoms with Crippen LogP contribution >= 0.6 is 12.4 Å². The first-order chi connectivity index (χ1) is 5.49. The minimum atomic E-state index is -1.17. The molecule has 13 heavy (non-hydrogen) atoms. The SMILES string of the molecule is CCC(NC(=O)O)C(=O)N(C)C.Cl. The molecule has 1 atom stereocenters. The van der Waals surface area contributed by atoms with Gasteiger partial charge < -0.3 is 15.3 Å². The molecule has 6 heteroatoms. The highest BCUT2D eigenvalue weighted by Gasteiger charge is 2.19. The van der Waals surface area contributed by atoms with Gasteiger partial charge in [0.15, 0.2) is 0 Å². The van der Waals surface area contributed by atoms with Crippen LogP contribution < -0.4 is 5.32 Å². The monoisotopic (exact) mass is 210 g/mol. The second-order valence-electron chi connectivity index (χ2n) is 2.64. The first-order valence-corrected chi connectivity index (χ1v) is 3.69. The van der Waals surface area contributed by atoms with E-state index in [0.29, 0.717) is 6.42 Å². The van der Waals surface area contributed by atoms with E-state index in [4.69, 9.17) is 5.11 Å². The Bertz CT molecular complexity index is 185. The third kappa shape index (κ3) is 5.30. The maximum atomic E-state index is 11.2. The Morgan fingerprint density at radius 1 is 1.46 bits per heavy atom. The fourth-order valence-electron chi connectivity index (χ4n) is 0.799. The van der Waals surface area contributed by atoms with Gasteiger partial charge in [-0.25, -0.2) is 4.79 Å². The van der Waals surface area contributed by atoms with Crippen LogP contribution in [0.3, 0.4) is 0 Å². The smallest absolute Gasteiger partial charge is 0.405 e. The Hall–Kier alpha value is -0.970. The second kappa shape index (κ2) is 6.54. The van der Waals surface area contributed by atoms with Gasteiger partial charge in [0.25, 0.3) is 0 Å². The summed E-state index contributed by atoms with van der Waals surface area (Å²) in [5, 5.41) is 10.5. The van der Waals surface area contributed by atoms with Crippen molar-refractivity contribution in [3.8, 4) is 0 Å². The Labute approximate surface area is 83.5 Å². The molecule has 0 spiro atoms. The molecule has 0 saturated carbocycles. The molecule has 0 aliphatic rings. The summed E-state index contributed by atoms with van der Waals surface area (Å²) in [7, 11) is 3.18. The molecule has 5 nitrogen and oxygen atoms in total. The molecule has 0 bridgehead atoms. The predicted octanol–water partition coefficient (Wildman–Crippen LogP) is 0.543. The number of nitrogens with one attached hydrogen (secondary N) is 1. The first-order valence-electron chi connectivity index (χ1n) is 3.69. The van der Waals surface area contributed by atoms with Gasteiger partial charge in [-0.3, -0.25) is 4.79 Å². The van der Waals surface area contributed by atoms with Crippen molar-refractivity contribution >= 4 is 24.4 Å². The van der Waals surface area contributed by atoms with E-state index in [-0.39, 0.29) is 18.3 Å². The van der Waals surface area contributed by atoms with E-state index in [0.717, 1.165) is 0 Å². The van der Waals surface area contributed by atoms with Crippen molar-refractivity contribution in [2.45, 2.75) is 19.4 Å². The van der Waals surface area contributed by atoms with Crippen LogP contribution in [0.5, 0.6) is 0 Å². The maximum Gasteiger partial charge on any atom is 0.405 e. The molecule has 2 amide bonds. The number of hydrogen-bond donors (Lipinski definition) is 2. The molecule has 78 valence electrons. The molecule has 1 unspecified atom stereocenters. The second-order valence-corrected chi connectivity index (χ2v) is 2.64. The molecule has 0 rings (SSSR count). The zero-order chi connectivity index (χ0) is 9.72. The number of likely N-dealkylation sites (N-methyl/N-ethyl adjacent to an activating group) is 1. The third-order valence-corrected chi connectivity index (χ3v) is 1.44. The van der Waals surface area contributed by atoms with Gasteiger partial charge in [-0.2, -0.15) is 0 Å². The van der Waals surface area contributed by atoms with Crippen LogP contribution in [0.4, 0.5) is 4.79 Å². The van der Waals surface area contributed by atoms with Crippen LogP contribution in [-0.4, -0.2) is 42.1 Å². The summed E-state index contributed by atoms with van der Waals surface area (Å²) in [5.74, 6) is -0.222. The summed E-state index contributed by atoms with van der Waals surface area (Å²) < 4.78 is 0. The number of amides is 2. The van der Waals surface area contributed by atoms with Crippen molar-refractivity contribution in [1.29, 1.82) is 0 Å². The molecule has 0 radical (unpaired) electrons. The number of rotatable bonds is 3. The summed E-state index contributed by atoms with van der Waals surface area (Å²) in [6, 6.07) is -0.627. The van der Waals surface area contributed by atoms with Gasteiger partial charge >= 0.3 is 6.09 Å². The number of carbonyl (C=O) groups excluding carboxylic acids is 1. The Balaban J connectivity index is 0. The summed E-state index contributed by atoms with van der Waals surface area (Å²) in [4.78, 5) is 22.8. The Kier molecular flexibility index (Phi) is 7.31. The van der Waals surface area contributed by atoms with Crippen molar-refractivity contribution in [1.82, 2.24) is 10.2 Å². The van der Waals surface area contributed by atoms with Crippen molar-refractivity contribution in [2.75, 3.05) is 14.1 Å². The van der Waals surface area contributed by atoms with Crippen molar-refractivity contribution in [3.05, 3.63) is 0 Å². The molecular weight excluding hydrogens is 196 g/mol. The average Bonchev–Trinajstić information content (AvgIpc) is 1.98. The minimum absolute atomic E-state index is 0. The quantitative estimate of drug-likeness (QED) is 0.715. The summed E-state index contributed by atoms with van der Waals surface area (Å²) in [6.45, 7) is 1.75. The number of nitrogens with zero attached hydrogens (tertiary/aromatic N) is 1. The zero-order valence-electron chi connectivity index (χ0n) is 7.90. The molecule has 0 aliphatic heterocycles. The van der Waals surface area contributed by atoms with E-state index in [1.807, 2.05) is 0 Å². The van der Waals surface area contributed by atoms with Gasteiger partial charge in [0, 0.05) is 14.1 Å². The van der Waals surface area contributed by atoms with Gasteiger partial charge in [-0.15, -0.1) is 12.4 Å². The summed E-state index contributed by atoms with van der Waals surface area (Å²) in [5.41, 5.74) is 0. The highest BCUT2D eigenvalue weighted by Crippen LogP contribution is 1.94. The molecule has 0 aromatic rings. The van der Waals surface area contributed by atoms with Crippen molar-refractivity contribution in [2.24, 2.45) is 0 Å². The van der Waals surface area contributed by atoms with E-state index in [1.165, 1.54) is 4.90 Å². The van der Waals surface area contributed by atoms with E-state index in [2.05, 4.69) is 5.32 Å². The zero-order valence-corrected chi connectivity index (χ0v) is 8.72. The van der Waals surface area contributed by atoms with Gasteiger partial charge in [-0.1, -0.05) is 6.92 Å². The molecule has 0 fully saturated rings. The third-order valence-electron chi connectivity index (χ3n) is 1.44. The van der Waals surface area contributed by atoms with E-state index in [1.54, 1.807) is 21.0 Å². The Morgan fingerprint density at radius 3 is 2.15 bits per heavy atom. The molecule has 0 aliphatic carbocycles. The van der Waals surface area contributed by atoms with Gasteiger partial charge in [0.1, 0.15) is 6.04 Å². The number of hydrogen-bond acceptors (Lipinski definition) is 2. The highest BCUT2D eigenvalue weighted by atomic mass is 35.5. The number of halogens is 1. The lowest BCUT2D eigenvalue weighted by Crippen LogP contribution is -2.45. The van der Waals surface area contributed by atoms with E-state index in [9.17, 15) is 9.59 Å². The van der Waals surface area contributed by atoms with Crippen LogP contribution in [0.2, 0.25) is 0 Å². The first kappa shape index (κ1) is 14.5. The number of carbonyl (C=O) groups is 2. The van der Waals surface area contributed by atoms with Crippen LogP contribution in [0.15, 0.2) is 0 Å². The predicted molar refractivity (Wildman–Crippen MR) is 51.2 cm³/mol. The van der Waals surface area contributed by atoms with Gasteiger partial charge in [-0.05, 0) is 6.42 Å². The van der Waals surface area contributed by atoms with E-state index >= 15 is 0 Å². The maximum absolute atomic E-state index is 11.2. The topological polar surface area (TPSA) is 69.6 Å². The molecule has 0 saturated heterocycles. The molecule has 2 N–H and O–H groups in total. The minimum Gasteiger partial charge on any atom is -0.465 e. The van der Waals surface area contributed by atoms with Gasteiger partial charge in [0.2, 0.25) is 5.91 Å². The number of carboxylic acid groups (broad SMARTS) is 1. The largest absolute Gasteiger partial charge is 0.465 e. The molecule has 0 heterocycles. The van der Waals surface area contributed by atoms with Crippen LogP contribution in [0.1, 0.15) is 13.3 Å². The van der Waals surface area contributed by atoms with E-state index < -0.39 is 12.1 Å². The van der Waals surface area contributed by atoms with Crippen molar-refractivity contribution in [3.63, 3.8) is 0 Å². The van der Waals surface area contributed by atoms with Crippen LogP contribution in [0.25, 0.3) is 0 Å². The average molecular weight is 211 g/mol. The lowest BCUT2D eigenvalue weighted by molar-refractivity contribution is -0.130. The van der Waals surface area contributed by atoms with Crippen LogP contribution in [-0.2, 0) is 4.79 Å². The summed E-state index contributed by atoms with van der Waals surface area (Å²) in [6.07, 6.45) is -0.708. The van der Waals surface area contributed by atoms with Crippen LogP contribution in [0, 0.1) is 0 Å². The fourth-order valence-corrected chi connectivity index (χ4v) is 0.799. The standard InChI is InChI=1S/C7H14N2O3.ClH/c1-4-5(8-7(11)12)6(10)9(2)3;/h5,8H,4H2,1-3H3,(H,11,12);1H. The lowest BCUT2D eigenvalue weighted by Gasteiger charge is -2.18. The normalized spacial score (nSPS) is 11.0. The van der Waals surface area contributed by atoms with Crippen molar-refractivity contribution < 1.29 is 14.7 Å². The fraction of sp³-hybridized carbons (Fsp3) is 0.714. The Morgan fingerprint density at radius 2 is 1.92 bits per heavy atom.